The van der Waals surface area contributed by atoms with Crippen LogP contribution in [0.15, 0.2) is 22.8 Å². The highest BCUT2D eigenvalue weighted by molar-refractivity contribution is 5.05. The van der Waals surface area contributed by atoms with Crippen molar-refractivity contribution in [2.24, 2.45) is 11.3 Å². The molecule has 0 radical (unpaired) electrons. The summed E-state index contributed by atoms with van der Waals surface area (Å²) >= 11 is 0. The number of nitrogens with one attached hydrogen (secondary N) is 1. The topological polar surface area (TPSA) is 25.2 Å². The van der Waals surface area contributed by atoms with Crippen LogP contribution in [0.1, 0.15) is 38.9 Å². The summed E-state index contributed by atoms with van der Waals surface area (Å²) in [5.74, 6) is 2.02. The van der Waals surface area contributed by atoms with Gasteiger partial charge in [-0.15, -0.1) is 0 Å². The average molecular weight is 221 g/mol. The molecule has 1 fully saturated rings. The largest absolute Gasteiger partial charge is 0.469 e. The molecular weight excluding hydrogens is 198 g/mol. The van der Waals surface area contributed by atoms with Crippen LogP contribution in [-0.4, -0.2) is 13.1 Å². The van der Waals surface area contributed by atoms with E-state index in [2.05, 4.69) is 25.2 Å². The summed E-state index contributed by atoms with van der Waals surface area (Å²) in [7, 11) is 0. The lowest BCUT2D eigenvalue weighted by Crippen LogP contribution is -2.35. The Labute approximate surface area is 98.4 Å². The summed E-state index contributed by atoms with van der Waals surface area (Å²) in [5, 5.41) is 3.57. The standard InChI is InChI=1S/C14H23NO/c1-3-8-15-11-14(2,12-6-7-12)10-13-5-4-9-16-13/h4-5,9,12,15H,3,6-8,10-11H2,1-2H3. The smallest absolute Gasteiger partial charge is 0.104 e. The molecule has 1 atom stereocenters. The number of rotatable bonds is 7. The minimum Gasteiger partial charge on any atom is -0.469 e. The molecule has 90 valence electrons. The van der Waals surface area contributed by atoms with Crippen molar-refractivity contribution in [1.82, 2.24) is 5.32 Å². The van der Waals surface area contributed by atoms with E-state index in [4.69, 9.17) is 4.42 Å². The van der Waals surface area contributed by atoms with E-state index in [-0.39, 0.29) is 0 Å². The third kappa shape index (κ3) is 2.88. The molecule has 1 N–H and O–H groups in total. The molecule has 1 aliphatic rings. The maximum absolute atomic E-state index is 5.49. The summed E-state index contributed by atoms with van der Waals surface area (Å²) in [6, 6.07) is 4.09. The molecule has 1 saturated carbocycles. The van der Waals surface area contributed by atoms with E-state index in [1.54, 1.807) is 6.26 Å². The maximum atomic E-state index is 5.49. The van der Waals surface area contributed by atoms with Gasteiger partial charge in [-0.05, 0) is 49.3 Å². The highest BCUT2D eigenvalue weighted by Crippen LogP contribution is 2.47. The highest BCUT2D eigenvalue weighted by atomic mass is 16.3. The second-order valence-electron chi connectivity index (χ2n) is 5.36. The quantitative estimate of drug-likeness (QED) is 0.715. The SMILES string of the molecule is CCCNCC(C)(Cc1ccco1)C1CC1. The fraction of sp³-hybridized carbons (Fsp3) is 0.714. The van der Waals surface area contributed by atoms with Crippen molar-refractivity contribution < 1.29 is 4.42 Å². The van der Waals surface area contributed by atoms with Gasteiger partial charge in [0.2, 0.25) is 0 Å². The van der Waals surface area contributed by atoms with Gasteiger partial charge in [-0.3, -0.25) is 0 Å². The van der Waals surface area contributed by atoms with E-state index in [1.165, 1.54) is 19.3 Å². The van der Waals surface area contributed by atoms with Crippen molar-refractivity contribution in [2.45, 2.75) is 39.5 Å². The highest BCUT2D eigenvalue weighted by Gasteiger charge is 2.41. The molecule has 1 unspecified atom stereocenters. The number of furan rings is 1. The summed E-state index contributed by atoms with van der Waals surface area (Å²) in [5.41, 5.74) is 0.382. The van der Waals surface area contributed by atoms with Crippen LogP contribution >= 0.6 is 0 Å². The first kappa shape index (κ1) is 11.7. The Balaban J connectivity index is 1.92. The van der Waals surface area contributed by atoms with Crippen LogP contribution in [0.4, 0.5) is 0 Å². The van der Waals surface area contributed by atoms with Crippen LogP contribution in [0.25, 0.3) is 0 Å². The Morgan fingerprint density at radius 2 is 2.31 bits per heavy atom. The van der Waals surface area contributed by atoms with Gasteiger partial charge in [-0.25, -0.2) is 0 Å². The van der Waals surface area contributed by atoms with Gasteiger partial charge < -0.3 is 9.73 Å². The van der Waals surface area contributed by atoms with Gasteiger partial charge in [0.1, 0.15) is 5.76 Å². The molecule has 1 aliphatic carbocycles. The average Bonchev–Trinajstić information content (AvgIpc) is 3.01. The first-order valence-electron chi connectivity index (χ1n) is 6.48. The number of hydrogen-bond acceptors (Lipinski definition) is 2. The predicted octanol–water partition coefficient (Wildman–Crippen LogP) is 3.24. The van der Waals surface area contributed by atoms with Gasteiger partial charge in [-0.1, -0.05) is 13.8 Å². The molecule has 1 aromatic rings. The van der Waals surface area contributed by atoms with E-state index in [0.717, 1.165) is 31.2 Å². The Hall–Kier alpha value is -0.760. The zero-order valence-electron chi connectivity index (χ0n) is 10.5. The van der Waals surface area contributed by atoms with E-state index >= 15 is 0 Å². The van der Waals surface area contributed by atoms with Gasteiger partial charge in [0.15, 0.2) is 0 Å². The summed E-state index contributed by atoms with van der Waals surface area (Å²) < 4.78 is 5.49. The van der Waals surface area contributed by atoms with E-state index in [1.807, 2.05) is 6.07 Å². The normalized spacial score (nSPS) is 19.6. The molecule has 0 spiro atoms. The molecule has 0 amide bonds. The fourth-order valence-electron chi connectivity index (χ4n) is 2.49. The van der Waals surface area contributed by atoms with Crippen molar-refractivity contribution in [3.05, 3.63) is 24.2 Å². The van der Waals surface area contributed by atoms with Crippen molar-refractivity contribution in [3.63, 3.8) is 0 Å². The Kier molecular flexibility index (Phi) is 3.70. The van der Waals surface area contributed by atoms with Crippen molar-refractivity contribution >= 4 is 0 Å². The van der Waals surface area contributed by atoms with Gasteiger partial charge in [0.25, 0.3) is 0 Å². The van der Waals surface area contributed by atoms with Crippen LogP contribution in [0, 0.1) is 11.3 Å². The molecule has 1 heterocycles. The Morgan fingerprint density at radius 1 is 1.50 bits per heavy atom. The summed E-state index contributed by atoms with van der Waals surface area (Å²) in [6.45, 7) is 6.86. The van der Waals surface area contributed by atoms with Crippen molar-refractivity contribution in [3.8, 4) is 0 Å². The lowest BCUT2D eigenvalue weighted by Gasteiger charge is -2.29. The third-order valence-electron chi connectivity index (χ3n) is 3.68. The lowest BCUT2D eigenvalue weighted by molar-refractivity contribution is 0.239. The van der Waals surface area contributed by atoms with Crippen LogP contribution in [0.2, 0.25) is 0 Å². The van der Waals surface area contributed by atoms with Crippen LogP contribution in [0.3, 0.4) is 0 Å². The molecular formula is C14H23NO. The molecule has 0 aliphatic heterocycles. The Bertz CT molecular complexity index is 303. The maximum Gasteiger partial charge on any atom is 0.104 e. The molecule has 0 saturated heterocycles. The minimum atomic E-state index is 0.382. The molecule has 2 rings (SSSR count). The van der Waals surface area contributed by atoms with E-state index in [9.17, 15) is 0 Å². The van der Waals surface area contributed by atoms with Gasteiger partial charge in [0.05, 0.1) is 6.26 Å². The zero-order valence-corrected chi connectivity index (χ0v) is 10.5. The van der Waals surface area contributed by atoms with Crippen LogP contribution in [0.5, 0.6) is 0 Å². The second kappa shape index (κ2) is 5.05. The molecule has 0 bridgehead atoms. The lowest BCUT2D eigenvalue weighted by atomic mass is 9.80. The Morgan fingerprint density at radius 3 is 2.88 bits per heavy atom. The van der Waals surface area contributed by atoms with Gasteiger partial charge >= 0.3 is 0 Å². The molecule has 2 nitrogen and oxygen atoms in total. The van der Waals surface area contributed by atoms with Crippen molar-refractivity contribution in [1.29, 1.82) is 0 Å². The van der Waals surface area contributed by atoms with Crippen LogP contribution in [-0.2, 0) is 6.42 Å². The first-order valence-corrected chi connectivity index (χ1v) is 6.48. The minimum absolute atomic E-state index is 0.382. The molecule has 0 aromatic carbocycles. The first-order chi connectivity index (χ1) is 7.74. The fourth-order valence-corrected chi connectivity index (χ4v) is 2.49. The third-order valence-corrected chi connectivity index (χ3v) is 3.68. The van der Waals surface area contributed by atoms with E-state index in [0.29, 0.717) is 5.41 Å². The predicted molar refractivity (Wildman–Crippen MR) is 66.4 cm³/mol. The van der Waals surface area contributed by atoms with Crippen molar-refractivity contribution in [2.75, 3.05) is 13.1 Å². The second-order valence-corrected chi connectivity index (χ2v) is 5.36. The summed E-state index contributed by atoms with van der Waals surface area (Å²) in [6.07, 6.45) is 6.85. The van der Waals surface area contributed by atoms with Gasteiger partial charge in [0, 0.05) is 13.0 Å². The molecule has 1 aromatic heterocycles. The monoisotopic (exact) mass is 221 g/mol. The van der Waals surface area contributed by atoms with E-state index < -0.39 is 0 Å². The molecule has 2 heteroatoms. The van der Waals surface area contributed by atoms with Gasteiger partial charge in [-0.2, -0.15) is 0 Å². The number of hydrogen-bond donors (Lipinski definition) is 1. The molecule has 16 heavy (non-hydrogen) atoms. The van der Waals surface area contributed by atoms with Crippen LogP contribution < -0.4 is 5.32 Å². The summed E-state index contributed by atoms with van der Waals surface area (Å²) in [4.78, 5) is 0. The zero-order chi connectivity index (χ0) is 11.4.